The van der Waals surface area contributed by atoms with Gasteiger partial charge >= 0.3 is 0 Å². The van der Waals surface area contributed by atoms with Crippen molar-refractivity contribution in [1.29, 1.82) is 0 Å². The summed E-state index contributed by atoms with van der Waals surface area (Å²) in [6, 6.07) is 6.45. The van der Waals surface area contributed by atoms with E-state index in [0.717, 1.165) is 29.8 Å². The maximum atomic E-state index is 11.3. The number of nitrogens with zero attached hydrogens (tertiary/aromatic N) is 1. The molecular weight excluding hydrogens is 226 g/mol. The lowest BCUT2D eigenvalue weighted by atomic mass is 9.92. The number of amides is 1. The average Bonchev–Trinajstić information content (AvgIpc) is 2.33. The number of primary amides is 1. The van der Waals surface area contributed by atoms with Crippen molar-refractivity contribution in [2.75, 3.05) is 17.2 Å². The first-order valence-corrected chi connectivity index (χ1v) is 6.41. The molecule has 98 valence electrons. The highest BCUT2D eigenvalue weighted by molar-refractivity contribution is 5.77. The summed E-state index contributed by atoms with van der Waals surface area (Å²) >= 11 is 0. The Morgan fingerprint density at radius 3 is 2.72 bits per heavy atom. The largest absolute Gasteiger partial charge is 0.399 e. The molecule has 4 nitrogen and oxygen atoms in total. The van der Waals surface area contributed by atoms with E-state index in [9.17, 15) is 4.79 Å². The second kappa shape index (κ2) is 4.88. The molecule has 18 heavy (non-hydrogen) atoms. The van der Waals surface area contributed by atoms with Crippen molar-refractivity contribution < 1.29 is 4.79 Å². The molecule has 1 saturated heterocycles. The summed E-state index contributed by atoms with van der Waals surface area (Å²) in [5, 5.41) is 0. The van der Waals surface area contributed by atoms with Crippen LogP contribution in [0.15, 0.2) is 18.2 Å². The normalized spacial score (nSPS) is 24.0. The zero-order valence-electron chi connectivity index (χ0n) is 11.0. The maximum absolute atomic E-state index is 11.3. The molecule has 2 atom stereocenters. The van der Waals surface area contributed by atoms with Gasteiger partial charge in [-0.3, -0.25) is 4.79 Å². The first-order valence-electron chi connectivity index (χ1n) is 6.41. The molecule has 0 radical (unpaired) electrons. The summed E-state index contributed by atoms with van der Waals surface area (Å²) < 4.78 is 0. The van der Waals surface area contributed by atoms with Crippen LogP contribution in [0.2, 0.25) is 0 Å². The van der Waals surface area contributed by atoms with Crippen LogP contribution in [-0.4, -0.2) is 18.5 Å². The van der Waals surface area contributed by atoms with E-state index in [1.807, 2.05) is 19.1 Å². The fourth-order valence-corrected chi connectivity index (χ4v) is 2.54. The van der Waals surface area contributed by atoms with Gasteiger partial charge in [-0.05, 0) is 50.5 Å². The fourth-order valence-electron chi connectivity index (χ4n) is 2.54. The lowest BCUT2D eigenvalue weighted by Crippen LogP contribution is -2.45. The average molecular weight is 247 g/mol. The van der Waals surface area contributed by atoms with Crippen molar-refractivity contribution in [3.8, 4) is 0 Å². The van der Waals surface area contributed by atoms with Crippen LogP contribution >= 0.6 is 0 Å². The van der Waals surface area contributed by atoms with Gasteiger partial charge in [0.15, 0.2) is 0 Å². The zero-order chi connectivity index (χ0) is 13.3. The number of hydrogen-bond acceptors (Lipinski definition) is 3. The third-order valence-electron chi connectivity index (χ3n) is 3.87. The number of anilines is 2. The van der Waals surface area contributed by atoms with Crippen molar-refractivity contribution >= 4 is 17.3 Å². The molecule has 4 heteroatoms. The standard InChI is InChI=1S/C14H21N3O/c1-9-7-12(5-6-13(9)15)17-8-11(14(16)18)4-3-10(17)2/h5-7,10-11H,3-4,8,15H2,1-2H3,(H2,16,18). The summed E-state index contributed by atoms with van der Waals surface area (Å²) in [5.41, 5.74) is 14.3. The molecule has 0 saturated carbocycles. The van der Waals surface area contributed by atoms with E-state index in [1.54, 1.807) is 0 Å². The molecule has 4 N–H and O–H groups in total. The zero-order valence-corrected chi connectivity index (χ0v) is 11.0. The number of piperidine rings is 1. The van der Waals surface area contributed by atoms with Crippen LogP contribution in [0.1, 0.15) is 25.3 Å². The van der Waals surface area contributed by atoms with E-state index in [1.165, 1.54) is 0 Å². The minimum atomic E-state index is -0.195. The summed E-state index contributed by atoms with van der Waals surface area (Å²) in [6.45, 7) is 4.89. The predicted octanol–water partition coefficient (Wildman–Crippen LogP) is 1.67. The Bertz CT molecular complexity index is 458. The highest BCUT2D eigenvalue weighted by atomic mass is 16.1. The van der Waals surface area contributed by atoms with Crippen molar-refractivity contribution in [3.63, 3.8) is 0 Å². The number of benzene rings is 1. The van der Waals surface area contributed by atoms with E-state index >= 15 is 0 Å². The van der Waals surface area contributed by atoms with Gasteiger partial charge in [-0.2, -0.15) is 0 Å². The number of carbonyl (C=O) groups is 1. The van der Waals surface area contributed by atoms with Crippen LogP contribution in [0.4, 0.5) is 11.4 Å². The second-order valence-electron chi connectivity index (χ2n) is 5.22. The van der Waals surface area contributed by atoms with E-state index in [2.05, 4.69) is 17.9 Å². The molecule has 1 heterocycles. The number of hydrogen-bond donors (Lipinski definition) is 2. The van der Waals surface area contributed by atoms with Crippen molar-refractivity contribution in [2.24, 2.45) is 11.7 Å². The number of carbonyl (C=O) groups excluding carboxylic acids is 1. The molecular formula is C14H21N3O. The third kappa shape index (κ3) is 2.42. The van der Waals surface area contributed by atoms with Gasteiger partial charge in [0, 0.05) is 24.0 Å². The molecule has 2 rings (SSSR count). The van der Waals surface area contributed by atoms with Crippen LogP contribution < -0.4 is 16.4 Å². The highest BCUT2D eigenvalue weighted by Crippen LogP contribution is 2.29. The summed E-state index contributed by atoms with van der Waals surface area (Å²) in [5.74, 6) is -0.238. The van der Waals surface area contributed by atoms with Gasteiger partial charge in [-0.1, -0.05) is 0 Å². The number of rotatable bonds is 2. The maximum Gasteiger partial charge on any atom is 0.222 e. The molecule has 1 aromatic carbocycles. The molecule has 0 spiro atoms. The van der Waals surface area contributed by atoms with Gasteiger partial charge in [-0.25, -0.2) is 0 Å². The Hall–Kier alpha value is -1.71. The van der Waals surface area contributed by atoms with Crippen LogP contribution in [-0.2, 0) is 4.79 Å². The summed E-state index contributed by atoms with van der Waals surface area (Å²) in [7, 11) is 0. The van der Waals surface area contributed by atoms with Gasteiger partial charge in [-0.15, -0.1) is 0 Å². The topological polar surface area (TPSA) is 72.3 Å². The first kappa shape index (κ1) is 12.7. The van der Waals surface area contributed by atoms with Gasteiger partial charge in [0.1, 0.15) is 0 Å². The van der Waals surface area contributed by atoms with Crippen LogP contribution in [0, 0.1) is 12.8 Å². The Balaban J connectivity index is 2.24. The minimum Gasteiger partial charge on any atom is -0.399 e. The van der Waals surface area contributed by atoms with E-state index in [-0.39, 0.29) is 11.8 Å². The lowest BCUT2D eigenvalue weighted by molar-refractivity contribution is -0.122. The van der Waals surface area contributed by atoms with E-state index < -0.39 is 0 Å². The summed E-state index contributed by atoms with van der Waals surface area (Å²) in [6.07, 6.45) is 1.89. The number of aryl methyl sites for hydroxylation is 1. The van der Waals surface area contributed by atoms with Crippen molar-refractivity contribution in [2.45, 2.75) is 32.7 Å². The minimum absolute atomic E-state index is 0.0425. The molecule has 1 aliphatic heterocycles. The van der Waals surface area contributed by atoms with Crippen molar-refractivity contribution in [1.82, 2.24) is 0 Å². The molecule has 1 fully saturated rings. The molecule has 1 aromatic rings. The molecule has 2 unspecified atom stereocenters. The molecule has 1 aliphatic rings. The molecule has 0 aromatic heterocycles. The van der Waals surface area contributed by atoms with Gasteiger partial charge in [0.25, 0.3) is 0 Å². The fraction of sp³-hybridized carbons (Fsp3) is 0.500. The van der Waals surface area contributed by atoms with Crippen LogP contribution in [0.5, 0.6) is 0 Å². The monoisotopic (exact) mass is 247 g/mol. The third-order valence-corrected chi connectivity index (χ3v) is 3.87. The Kier molecular flexibility index (Phi) is 3.45. The van der Waals surface area contributed by atoms with Gasteiger partial charge in [0.2, 0.25) is 5.91 Å². The summed E-state index contributed by atoms with van der Waals surface area (Å²) in [4.78, 5) is 13.6. The first-order chi connectivity index (χ1) is 8.49. The highest BCUT2D eigenvalue weighted by Gasteiger charge is 2.28. The van der Waals surface area contributed by atoms with Crippen LogP contribution in [0.25, 0.3) is 0 Å². The SMILES string of the molecule is Cc1cc(N2CC(C(N)=O)CCC2C)ccc1N. The Morgan fingerprint density at radius 2 is 2.11 bits per heavy atom. The van der Waals surface area contributed by atoms with E-state index in [0.29, 0.717) is 12.6 Å². The number of nitrogen functional groups attached to an aromatic ring is 1. The van der Waals surface area contributed by atoms with Crippen molar-refractivity contribution in [3.05, 3.63) is 23.8 Å². The molecule has 0 aliphatic carbocycles. The number of nitrogens with two attached hydrogens (primary N) is 2. The van der Waals surface area contributed by atoms with Gasteiger partial charge < -0.3 is 16.4 Å². The smallest absolute Gasteiger partial charge is 0.222 e. The lowest BCUT2D eigenvalue weighted by Gasteiger charge is -2.38. The quantitative estimate of drug-likeness (QED) is 0.781. The predicted molar refractivity (Wildman–Crippen MR) is 74.3 cm³/mol. The van der Waals surface area contributed by atoms with E-state index in [4.69, 9.17) is 11.5 Å². The Morgan fingerprint density at radius 1 is 1.39 bits per heavy atom. The molecule has 1 amide bonds. The van der Waals surface area contributed by atoms with Gasteiger partial charge in [0.05, 0.1) is 5.92 Å². The molecule has 0 bridgehead atoms. The van der Waals surface area contributed by atoms with Crippen LogP contribution in [0.3, 0.4) is 0 Å². The Labute approximate surface area is 108 Å². The second-order valence-corrected chi connectivity index (χ2v) is 5.22.